The molecule has 0 aliphatic carbocycles. The number of thioether (sulfide) groups is 1. The molecule has 118 valence electrons. The minimum absolute atomic E-state index is 0.102. The molecule has 0 fully saturated rings. The summed E-state index contributed by atoms with van der Waals surface area (Å²) in [6.07, 6.45) is 2.11. The van der Waals surface area contributed by atoms with E-state index in [1.807, 2.05) is 31.3 Å². The zero-order valence-electron chi connectivity index (χ0n) is 12.7. The van der Waals surface area contributed by atoms with Gasteiger partial charge in [-0.25, -0.2) is 4.98 Å². The summed E-state index contributed by atoms with van der Waals surface area (Å²) in [5.74, 6) is 1.15. The highest BCUT2D eigenvalue weighted by atomic mass is 79.9. The van der Waals surface area contributed by atoms with Crippen LogP contribution in [-0.2, 0) is 4.79 Å². The lowest BCUT2D eigenvalue weighted by Gasteiger charge is -2.15. The van der Waals surface area contributed by atoms with Crippen LogP contribution in [0.2, 0.25) is 0 Å². The Balaban J connectivity index is 1.93. The third-order valence-electron chi connectivity index (χ3n) is 3.19. The molecule has 1 N–H and O–H groups in total. The Morgan fingerprint density at radius 1 is 1.41 bits per heavy atom. The fourth-order valence-corrected chi connectivity index (χ4v) is 3.05. The number of halogens is 1. The van der Waals surface area contributed by atoms with Crippen LogP contribution in [0.15, 0.2) is 33.9 Å². The van der Waals surface area contributed by atoms with Gasteiger partial charge in [-0.05, 0) is 12.5 Å². The summed E-state index contributed by atoms with van der Waals surface area (Å²) in [7, 11) is 1.84. The normalized spacial score (nSPS) is 10.7. The largest absolute Gasteiger partial charge is 0.345 e. The van der Waals surface area contributed by atoms with Gasteiger partial charge in [0.2, 0.25) is 11.1 Å². The number of hydrogen-bond acceptors (Lipinski definition) is 4. The number of carbonyl (C=O) groups excluding carboxylic acids is 1. The second-order valence-electron chi connectivity index (χ2n) is 4.90. The second kappa shape index (κ2) is 8.33. The second-order valence-corrected chi connectivity index (χ2v) is 6.70. The van der Waals surface area contributed by atoms with Gasteiger partial charge < -0.3 is 4.90 Å². The molecule has 1 heterocycles. The van der Waals surface area contributed by atoms with E-state index < -0.39 is 0 Å². The molecule has 1 aromatic carbocycles. The Hall–Kier alpha value is -1.34. The molecular formula is C15H19BrN4OS. The summed E-state index contributed by atoms with van der Waals surface area (Å²) in [4.78, 5) is 18.2. The highest BCUT2D eigenvalue weighted by molar-refractivity contribution is 9.10. The lowest BCUT2D eigenvalue weighted by molar-refractivity contribution is -0.127. The molecule has 0 aliphatic rings. The summed E-state index contributed by atoms with van der Waals surface area (Å²) in [6.45, 7) is 2.91. The van der Waals surface area contributed by atoms with Gasteiger partial charge in [-0.2, -0.15) is 0 Å². The van der Waals surface area contributed by atoms with Crippen LogP contribution in [0.25, 0.3) is 11.4 Å². The molecule has 0 aliphatic heterocycles. The van der Waals surface area contributed by atoms with Gasteiger partial charge in [-0.1, -0.05) is 59.2 Å². The maximum absolute atomic E-state index is 12.0. The first-order chi connectivity index (χ1) is 10.6. The smallest absolute Gasteiger partial charge is 0.232 e. The molecule has 5 nitrogen and oxygen atoms in total. The van der Waals surface area contributed by atoms with E-state index in [1.165, 1.54) is 11.8 Å². The topological polar surface area (TPSA) is 61.9 Å². The van der Waals surface area contributed by atoms with Gasteiger partial charge in [-0.3, -0.25) is 9.89 Å². The van der Waals surface area contributed by atoms with E-state index in [9.17, 15) is 4.79 Å². The first-order valence-corrected chi connectivity index (χ1v) is 8.93. The predicted molar refractivity (Wildman–Crippen MR) is 92.8 cm³/mol. The van der Waals surface area contributed by atoms with Gasteiger partial charge in [0.15, 0.2) is 5.82 Å². The van der Waals surface area contributed by atoms with Crippen molar-refractivity contribution in [2.45, 2.75) is 24.9 Å². The van der Waals surface area contributed by atoms with Crippen LogP contribution in [0.4, 0.5) is 0 Å². The van der Waals surface area contributed by atoms with E-state index >= 15 is 0 Å². The zero-order valence-corrected chi connectivity index (χ0v) is 15.1. The maximum Gasteiger partial charge on any atom is 0.232 e. The summed E-state index contributed by atoms with van der Waals surface area (Å²) in [5.41, 5.74) is 0.952. The quantitative estimate of drug-likeness (QED) is 0.743. The molecule has 0 unspecified atom stereocenters. The third-order valence-corrected chi connectivity index (χ3v) is 4.72. The molecular weight excluding hydrogens is 364 g/mol. The lowest BCUT2D eigenvalue weighted by atomic mass is 10.2. The van der Waals surface area contributed by atoms with E-state index in [2.05, 4.69) is 38.0 Å². The number of rotatable bonds is 7. The van der Waals surface area contributed by atoms with Crippen molar-refractivity contribution in [2.24, 2.45) is 0 Å². The van der Waals surface area contributed by atoms with E-state index in [-0.39, 0.29) is 5.91 Å². The first kappa shape index (κ1) is 17.0. The van der Waals surface area contributed by atoms with Gasteiger partial charge in [-0.15, -0.1) is 5.10 Å². The number of nitrogens with zero attached hydrogens (tertiary/aromatic N) is 3. The molecule has 0 saturated carbocycles. The Morgan fingerprint density at radius 3 is 2.91 bits per heavy atom. The number of aromatic nitrogens is 3. The molecule has 2 aromatic rings. The van der Waals surface area contributed by atoms with Gasteiger partial charge in [0.05, 0.1) is 5.75 Å². The van der Waals surface area contributed by atoms with Crippen LogP contribution < -0.4 is 0 Å². The third kappa shape index (κ3) is 4.58. The summed E-state index contributed by atoms with van der Waals surface area (Å²) < 4.78 is 0.957. The van der Waals surface area contributed by atoms with Gasteiger partial charge in [0.25, 0.3) is 0 Å². The van der Waals surface area contributed by atoms with Gasteiger partial charge >= 0.3 is 0 Å². The average molecular weight is 383 g/mol. The van der Waals surface area contributed by atoms with Crippen molar-refractivity contribution in [2.75, 3.05) is 19.3 Å². The molecule has 2 rings (SSSR count). The Morgan fingerprint density at radius 2 is 2.18 bits per heavy atom. The van der Waals surface area contributed by atoms with Crippen LogP contribution in [-0.4, -0.2) is 45.3 Å². The molecule has 7 heteroatoms. The highest BCUT2D eigenvalue weighted by Crippen LogP contribution is 2.26. The molecule has 0 atom stereocenters. The number of amides is 1. The molecule has 0 bridgehead atoms. The molecule has 1 amide bonds. The van der Waals surface area contributed by atoms with E-state index in [0.717, 1.165) is 29.4 Å². The number of benzene rings is 1. The van der Waals surface area contributed by atoms with Crippen molar-refractivity contribution >= 4 is 33.6 Å². The number of unbranched alkanes of at least 4 members (excludes halogenated alkanes) is 1. The number of aromatic amines is 1. The average Bonchev–Trinajstić information content (AvgIpc) is 2.99. The Bertz CT molecular complexity index is 632. The van der Waals surface area contributed by atoms with Crippen molar-refractivity contribution in [3.63, 3.8) is 0 Å². The lowest BCUT2D eigenvalue weighted by Crippen LogP contribution is -2.29. The maximum atomic E-state index is 12.0. The number of H-pyrrole nitrogens is 1. The SMILES string of the molecule is CCCCN(C)C(=O)CSc1n[nH]c(-c2ccccc2Br)n1. The Labute approximate surface area is 143 Å². The number of carbonyl (C=O) groups is 1. The molecule has 22 heavy (non-hydrogen) atoms. The minimum atomic E-state index is 0.102. The highest BCUT2D eigenvalue weighted by Gasteiger charge is 2.12. The minimum Gasteiger partial charge on any atom is -0.345 e. The van der Waals surface area contributed by atoms with Crippen molar-refractivity contribution < 1.29 is 4.79 Å². The van der Waals surface area contributed by atoms with Crippen LogP contribution in [0.1, 0.15) is 19.8 Å². The standard InChI is InChI=1S/C15H19BrN4OS/c1-3-4-9-20(2)13(21)10-22-15-17-14(18-19-15)11-7-5-6-8-12(11)16/h5-8H,3-4,9-10H2,1-2H3,(H,17,18,19). The van der Waals surface area contributed by atoms with Crippen molar-refractivity contribution in [1.82, 2.24) is 20.1 Å². The van der Waals surface area contributed by atoms with Crippen LogP contribution >= 0.6 is 27.7 Å². The molecule has 0 saturated heterocycles. The van der Waals surface area contributed by atoms with Crippen LogP contribution in [0, 0.1) is 0 Å². The van der Waals surface area contributed by atoms with Crippen molar-refractivity contribution in [3.05, 3.63) is 28.7 Å². The molecule has 0 spiro atoms. The van der Waals surface area contributed by atoms with Crippen LogP contribution in [0.5, 0.6) is 0 Å². The molecule has 1 aromatic heterocycles. The van der Waals surface area contributed by atoms with Gasteiger partial charge in [0, 0.05) is 23.6 Å². The van der Waals surface area contributed by atoms with Crippen molar-refractivity contribution in [1.29, 1.82) is 0 Å². The van der Waals surface area contributed by atoms with E-state index in [4.69, 9.17) is 0 Å². The summed E-state index contributed by atoms with van der Waals surface area (Å²) in [6, 6.07) is 7.81. The predicted octanol–water partition coefficient (Wildman–Crippen LogP) is 3.58. The summed E-state index contributed by atoms with van der Waals surface area (Å²) >= 11 is 4.84. The van der Waals surface area contributed by atoms with Crippen LogP contribution in [0.3, 0.4) is 0 Å². The number of nitrogens with one attached hydrogen (secondary N) is 1. The first-order valence-electron chi connectivity index (χ1n) is 7.16. The fraction of sp³-hybridized carbons (Fsp3) is 0.400. The zero-order chi connectivity index (χ0) is 15.9. The fourth-order valence-electron chi connectivity index (χ4n) is 1.84. The van der Waals surface area contributed by atoms with E-state index in [1.54, 1.807) is 4.90 Å². The number of hydrogen-bond donors (Lipinski definition) is 1. The van der Waals surface area contributed by atoms with Gasteiger partial charge in [0.1, 0.15) is 0 Å². The van der Waals surface area contributed by atoms with E-state index in [0.29, 0.717) is 16.7 Å². The monoisotopic (exact) mass is 382 g/mol. The van der Waals surface area contributed by atoms with Crippen molar-refractivity contribution in [3.8, 4) is 11.4 Å². The molecule has 0 radical (unpaired) electrons. The Kier molecular flexibility index (Phi) is 6.45. The summed E-state index contributed by atoms with van der Waals surface area (Å²) in [5, 5.41) is 7.66.